The molecule has 206 valence electrons. The number of nitrogens with zero attached hydrogens (tertiary/aromatic N) is 1. The van der Waals surface area contributed by atoms with E-state index in [1.807, 2.05) is 30.3 Å². The van der Waals surface area contributed by atoms with Gasteiger partial charge in [-0.3, -0.25) is 14.9 Å². The normalized spacial score (nSPS) is 15.1. The van der Waals surface area contributed by atoms with Crippen molar-refractivity contribution in [1.29, 1.82) is 0 Å². The Bertz CT molecular complexity index is 1110. The number of rotatable bonds is 10. The second-order valence-electron chi connectivity index (χ2n) is 9.90. The predicted molar refractivity (Wildman–Crippen MR) is 140 cm³/mol. The highest BCUT2D eigenvalue weighted by molar-refractivity contribution is 6.04. The monoisotopic (exact) mass is 528 g/mol. The molecule has 1 aliphatic rings. The Balaban J connectivity index is 1.76. The van der Waals surface area contributed by atoms with Gasteiger partial charge in [-0.1, -0.05) is 30.3 Å². The van der Waals surface area contributed by atoms with Gasteiger partial charge in [0.1, 0.15) is 12.2 Å². The number of carbonyl (C=O) groups is 3. The molecule has 10 heteroatoms. The fourth-order valence-corrected chi connectivity index (χ4v) is 4.03. The zero-order valence-corrected chi connectivity index (χ0v) is 22.3. The Hall–Kier alpha value is -3.79. The number of aliphatic hydroxyl groups excluding tert-OH is 1. The first-order chi connectivity index (χ1) is 18.1. The Morgan fingerprint density at radius 2 is 1.84 bits per heavy atom. The molecule has 10 nitrogen and oxygen atoms in total. The van der Waals surface area contributed by atoms with Gasteiger partial charge < -0.3 is 29.0 Å². The van der Waals surface area contributed by atoms with Crippen LogP contribution in [0.15, 0.2) is 42.5 Å². The lowest BCUT2D eigenvalue weighted by atomic mass is 10.1. The summed E-state index contributed by atoms with van der Waals surface area (Å²) in [6.45, 7) is 5.67. The van der Waals surface area contributed by atoms with E-state index in [4.69, 9.17) is 18.9 Å². The van der Waals surface area contributed by atoms with Crippen LogP contribution >= 0.6 is 0 Å². The Morgan fingerprint density at radius 3 is 2.50 bits per heavy atom. The minimum atomic E-state index is -0.753. The summed E-state index contributed by atoms with van der Waals surface area (Å²) >= 11 is 0. The number of hydrogen-bond acceptors (Lipinski definition) is 8. The third-order valence-electron chi connectivity index (χ3n) is 5.82. The van der Waals surface area contributed by atoms with Crippen molar-refractivity contribution in [2.45, 2.75) is 58.3 Å². The van der Waals surface area contributed by atoms with Crippen molar-refractivity contribution < 1.29 is 38.4 Å². The third kappa shape index (κ3) is 8.11. The highest BCUT2D eigenvalue weighted by atomic mass is 16.6. The number of hydrogen-bond donors (Lipinski definition) is 2. The van der Waals surface area contributed by atoms with Gasteiger partial charge in [0, 0.05) is 12.6 Å². The van der Waals surface area contributed by atoms with E-state index < -0.39 is 17.7 Å². The van der Waals surface area contributed by atoms with E-state index in [1.165, 1.54) is 19.2 Å². The molecule has 1 atom stereocenters. The second-order valence-corrected chi connectivity index (χ2v) is 9.90. The molecule has 2 N–H and O–H groups in total. The smallest absolute Gasteiger partial charge is 0.412 e. The van der Waals surface area contributed by atoms with Crippen molar-refractivity contribution in [1.82, 2.24) is 4.90 Å². The lowest BCUT2D eigenvalue weighted by Crippen LogP contribution is -2.38. The standard InChI is InChI=1S/C28H36N2O8/c1-28(2,3)38-27(34)29-22-16-24(36-14-12-25(32)37-18-19-9-6-5-7-10-19)23(35-4)15-21(22)26(33)30-13-8-11-20(30)17-31/h5-7,9-10,15-16,20,31H,8,11-14,17-18H2,1-4H3,(H,29,34). The van der Waals surface area contributed by atoms with Gasteiger partial charge in [-0.15, -0.1) is 0 Å². The highest BCUT2D eigenvalue weighted by Gasteiger charge is 2.31. The average Bonchev–Trinajstić information content (AvgIpc) is 3.36. The molecule has 0 radical (unpaired) electrons. The zero-order chi connectivity index (χ0) is 27.7. The van der Waals surface area contributed by atoms with Crippen LogP contribution in [0.4, 0.5) is 10.5 Å². The van der Waals surface area contributed by atoms with Gasteiger partial charge >= 0.3 is 12.1 Å². The van der Waals surface area contributed by atoms with E-state index in [1.54, 1.807) is 25.7 Å². The second kappa shape index (κ2) is 13.1. The number of nitrogens with one attached hydrogen (secondary N) is 1. The van der Waals surface area contributed by atoms with Crippen LogP contribution in [0, 0.1) is 0 Å². The van der Waals surface area contributed by atoms with Gasteiger partial charge in [-0.25, -0.2) is 4.79 Å². The summed E-state index contributed by atoms with van der Waals surface area (Å²) < 4.78 is 21.9. The minimum Gasteiger partial charge on any atom is -0.493 e. The SMILES string of the molecule is COc1cc(C(=O)N2CCCC2CO)c(NC(=O)OC(C)(C)C)cc1OCCC(=O)OCc1ccccc1. The number of methoxy groups -OCH3 is 1. The van der Waals surface area contributed by atoms with Crippen LogP contribution in [0.2, 0.25) is 0 Å². The topological polar surface area (TPSA) is 124 Å². The number of benzene rings is 2. The van der Waals surface area contributed by atoms with Crippen molar-refractivity contribution in [2.24, 2.45) is 0 Å². The molecule has 1 unspecified atom stereocenters. The Labute approximate surface area is 222 Å². The number of esters is 1. The molecule has 1 aliphatic heterocycles. The summed E-state index contributed by atoms with van der Waals surface area (Å²) in [5, 5.41) is 12.3. The predicted octanol–water partition coefficient (Wildman–Crippen LogP) is 4.15. The molecule has 2 aromatic carbocycles. The molecule has 1 heterocycles. The van der Waals surface area contributed by atoms with Crippen LogP contribution in [0.3, 0.4) is 0 Å². The largest absolute Gasteiger partial charge is 0.493 e. The summed E-state index contributed by atoms with van der Waals surface area (Å²) in [6, 6.07) is 12.0. The average molecular weight is 529 g/mol. The summed E-state index contributed by atoms with van der Waals surface area (Å²) in [5.41, 5.74) is 0.456. The fourth-order valence-electron chi connectivity index (χ4n) is 4.03. The number of anilines is 1. The van der Waals surface area contributed by atoms with Crippen molar-refractivity contribution in [3.8, 4) is 11.5 Å². The third-order valence-corrected chi connectivity index (χ3v) is 5.82. The highest BCUT2D eigenvalue weighted by Crippen LogP contribution is 2.36. The van der Waals surface area contributed by atoms with Crippen LogP contribution in [-0.2, 0) is 20.9 Å². The maximum Gasteiger partial charge on any atom is 0.412 e. The maximum atomic E-state index is 13.4. The quantitative estimate of drug-likeness (QED) is 0.441. The van der Waals surface area contributed by atoms with Gasteiger partial charge in [0.15, 0.2) is 11.5 Å². The van der Waals surface area contributed by atoms with Crippen LogP contribution in [0.25, 0.3) is 0 Å². The molecule has 2 amide bonds. The molecule has 3 rings (SSSR count). The van der Waals surface area contributed by atoms with Crippen LogP contribution in [0.5, 0.6) is 11.5 Å². The van der Waals surface area contributed by atoms with E-state index in [9.17, 15) is 19.5 Å². The number of carbonyl (C=O) groups excluding carboxylic acids is 3. The minimum absolute atomic E-state index is 0.0120. The van der Waals surface area contributed by atoms with E-state index in [-0.39, 0.29) is 60.9 Å². The van der Waals surface area contributed by atoms with Gasteiger partial charge in [0.25, 0.3) is 5.91 Å². The molecule has 1 saturated heterocycles. The first-order valence-electron chi connectivity index (χ1n) is 12.6. The van der Waals surface area contributed by atoms with Gasteiger partial charge in [0.05, 0.1) is 44.0 Å². The fraction of sp³-hybridized carbons (Fsp3) is 0.464. The lowest BCUT2D eigenvalue weighted by molar-refractivity contribution is -0.145. The van der Waals surface area contributed by atoms with Crippen LogP contribution < -0.4 is 14.8 Å². The summed E-state index contributed by atoms with van der Waals surface area (Å²) in [7, 11) is 1.43. The first-order valence-corrected chi connectivity index (χ1v) is 12.6. The molecule has 38 heavy (non-hydrogen) atoms. The van der Waals surface area contributed by atoms with E-state index >= 15 is 0 Å². The van der Waals surface area contributed by atoms with Gasteiger partial charge in [0.2, 0.25) is 0 Å². The molecular formula is C28H36N2O8. The molecule has 1 fully saturated rings. The number of ether oxygens (including phenoxy) is 4. The first kappa shape index (κ1) is 28.8. The molecule has 0 aliphatic carbocycles. The Kier molecular flexibility index (Phi) is 9.95. The molecular weight excluding hydrogens is 492 g/mol. The molecule has 0 bridgehead atoms. The van der Waals surface area contributed by atoms with Gasteiger partial charge in [-0.05, 0) is 45.2 Å². The maximum absolute atomic E-state index is 13.4. The van der Waals surface area contributed by atoms with E-state index in [0.717, 1.165) is 12.0 Å². The molecule has 2 aromatic rings. The van der Waals surface area contributed by atoms with E-state index in [2.05, 4.69) is 5.32 Å². The molecule has 0 spiro atoms. The van der Waals surface area contributed by atoms with Crippen molar-refractivity contribution in [3.05, 3.63) is 53.6 Å². The van der Waals surface area contributed by atoms with Crippen molar-refractivity contribution >= 4 is 23.7 Å². The lowest BCUT2D eigenvalue weighted by Gasteiger charge is -2.25. The van der Waals surface area contributed by atoms with Crippen molar-refractivity contribution in [3.63, 3.8) is 0 Å². The summed E-state index contributed by atoms with van der Waals surface area (Å²) in [6.07, 6.45) is 0.699. The molecule has 0 aromatic heterocycles. The molecule has 0 saturated carbocycles. The number of aliphatic hydroxyl groups is 1. The summed E-state index contributed by atoms with van der Waals surface area (Å²) in [5.74, 6) is -0.315. The number of amides is 2. The van der Waals surface area contributed by atoms with E-state index in [0.29, 0.717) is 13.0 Å². The van der Waals surface area contributed by atoms with Crippen LogP contribution in [0.1, 0.15) is 56.0 Å². The Morgan fingerprint density at radius 1 is 1.11 bits per heavy atom. The van der Waals surface area contributed by atoms with Crippen molar-refractivity contribution in [2.75, 3.05) is 32.2 Å². The number of likely N-dealkylation sites (tertiary alicyclic amines) is 1. The summed E-state index contributed by atoms with van der Waals surface area (Å²) in [4.78, 5) is 39.8. The van der Waals surface area contributed by atoms with Gasteiger partial charge in [-0.2, -0.15) is 0 Å². The zero-order valence-electron chi connectivity index (χ0n) is 22.3. The van der Waals surface area contributed by atoms with Crippen LogP contribution in [-0.4, -0.2) is 66.5 Å².